The molecule has 0 aromatic carbocycles. The summed E-state index contributed by atoms with van der Waals surface area (Å²) >= 11 is 0. The first kappa shape index (κ1) is 18.4. The molecule has 0 aliphatic carbocycles. The van der Waals surface area contributed by atoms with Crippen LogP contribution in [-0.2, 0) is 14.3 Å². The molecule has 0 unspecified atom stereocenters. The van der Waals surface area contributed by atoms with E-state index < -0.39 is 11.0 Å². The third-order valence-corrected chi connectivity index (χ3v) is 4.66. The molecule has 0 spiro atoms. The quantitative estimate of drug-likeness (QED) is 0.728. The van der Waals surface area contributed by atoms with Crippen molar-refractivity contribution in [1.82, 2.24) is 4.90 Å². The molecule has 2 N–H and O–H groups in total. The Balaban J connectivity index is 2.41. The van der Waals surface area contributed by atoms with E-state index >= 15 is 0 Å². The molecule has 1 aliphatic rings. The van der Waals surface area contributed by atoms with Crippen molar-refractivity contribution in [3.8, 4) is 0 Å². The molecule has 5 heteroatoms. The fraction of sp³-hybridized carbons (Fsp3) is 0.938. The maximum atomic E-state index is 12.7. The topological polar surface area (TPSA) is 64.8 Å². The smallest absolute Gasteiger partial charge is 0.230 e. The van der Waals surface area contributed by atoms with Gasteiger partial charge >= 0.3 is 0 Å². The second-order valence-corrected chi connectivity index (χ2v) is 6.91. The van der Waals surface area contributed by atoms with Gasteiger partial charge in [-0.25, -0.2) is 0 Å². The predicted octanol–water partition coefficient (Wildman–Crippen LogP) is 1.79. The van der Waals surface area contributed by atoms with Crippen molar-refractivity contribution in [3.05, 3.63) is 0 Å². The van der Waals surface area contributed by atoms with Gasteiger partial charge < -0.3 is 20.1 Å². The van der Waals surface area contributed by atoms with E-state index in [1.54, 1.807) is 0 Å². The zero-order valence-corrected chi connectivity index (χ0v) is 14.3. The van der Waals surface area contributed by atoms with E-state index in [0.29, 0.717) is 13.2 Å². The Labute approximate surface area is 129 Å². The van der Waals surface area contributed by atoms with Gasteiger partial charge in [0.05, 0.1) is 24.7 Å². The molecule has 0 aromatic rings. The molecule has 1 fully saturated rings. The number of nitrogens with zero attached hydrogens (tertiary/aromatic N) is 1. The third kappa shape index (κ3) is 4.94. The lowest BCUT2D eigenvalue weighted by molar-refractivity contribution is -0.146. The summed E-state index contributed by atoms with van der Waals surface area (Å²) in [5.74, 6) is 0.141. The van der Waals surface area contributed by atoms with Crippen LogP contribution in [0.4, 0.5) is 0 Å². The zero-order chi connectivity index (χ0) is 16.1. The fourth-order valence-electron chi connectivity index (χ4n) is 2.31. The highest BCUT2D eigenvalue weighted by molar-refractivity contribution is 5.83. The molecule has 5 nitrogen and oxygen atoms in total. The minimum absolute atomic E-state index is 0.141. The maximum Gasteiger partial charge on any atom is 0.230 e. The summed E-state index contributed by atoms with van der Waals surface area (Å²) in [7, 11) is 0. The molecule has 0 bridgehead atoms. The Morgan fingerprint density at radius 3 is 2.24 bits per heavy atom. The molecule has 0 aromatic heterocycles. The third-order valence-electron chi connectivity index (χ3n) is 4.66. The Hall–Kier alpha value is -0.650. The summed E-state index contributed by atoms with van der Waals surface area (Å²) in [6.45, 7) is 13.2. The molecule has 1 amide bonds. The summed E-state index contributed by atoms with van der Waals surface area (Å²) in [6, 6.07) is 0. The standard InChI is InChI=1S/C16H32N2O3/c1-6-20-11-12-21-13-7-9-18(10-8-13)14(19)15(2,3)16(4,5)17/h13H,6-12,17H2,1-5H3. The largest absolute Gasteiger partial charge is 0.379 e. The van der Waals surface area contributed by atoms with E-state index in [4.69, 9.17) is 15.2 Å². The molecule has 0 atom stereocenters. The van der Waals surface area contributed by atoms with Crippen LogP contribution >= 0.6 is 0 Å². The summed E-state index contributed by atoms with van der Waals surface area (Å²) < 4.78 is 11.0. The molecule has 1 saturated heterocycles. The number of nitrogens with two attached hydrogens (primary N) is 1. The number of hydrogen-bond acceptors (Lipinski definition) is 4. The lowest BCUT2D eigenvalue weighted by Crippen LogP contribution is -2.57. The van der Waals surface area contributed by atoms with Gasteiger partial charge in [0, 0.05) is 25.2 Å². The SMILES string of the molecule is CCOCCOC1CCN(C(=O)C(C)(C)C(C)(C)N)CC1. The molecule has 1 rings (SSSR count). The highest BCUT2D eigenvalue weighted by Crippen LogP contribution is 2.31. The number of carbonyl (C=O) groups excluding carboxylic acids is 1. The van der Waals surface area contributed by atoms with Gasteiger partial charge in [0.2, 0.25) is 5.91 Å². The Bertz CT molecular complexity index is 329. The van der Waals surface area contributed by atoms with Crippen LogP contribution in [0.25, 0.3) is 0 Å². The van der Waals surface area contributed by atoms with Gasteiger partial charge in [0.25, 0.3) is 0 Å². The Morgan fingerprint density at radius 1 is 1.19 bits per heavy atom. The van der Waals surface area contributed by atoms with Crippen LogP contribution < -0.4 is 5.73 Å². The van der Waals surface area contributed by atoms with Crippen molar-refractivity contribution in [2.45, 2.75) is 59.1 Å². The summed E-state index contributed by atoms with van der Waals surface area (Å²) in [5, 5.41) is 0. The first-order chi connectivity index (χ1) is 9.70. The second-order valence-electron chi connectivity index (χ2n) is 6.91. The van der Waals surface area contributed by atoms with Crippen LogP contribution in [0.2, 0.25) is 0 Å². The van der Waals surface area contributed by atoms with Crippen LogP contribution in [0, 0.1) is 5.41 Å². The van der Waals surface area contributed by atoms with E-state index in [9.17, 15) is 4.79 Å². The number of rotatable bonds is 7. The minimum atomic E-state index is -0.560. The number of amides is 1. The molecule has 0 saturated carbocycles. The van der Waals surface area contributed by atoms with E-state index in [2.05, 4.69) is 0 Å². The minimum Gasteiger partial charge on any atom is -0.379 e. The van der Waals surface area contributed by atoms with Gasteiger partial charge in [-0.1, -0.05) is 0 Å². The molecule has 124 valence electrons. The summed E-state index contributed by atoms with van der Waals surface area (Å²) in [4.78, 5) is 14.6. The van der Waals surface area contributed by atoms with Crippen molar-refractivity contribution in [1.29, 1.82) is 0 Å². The van der Waals surface area contributed by atoms with Crippen molar-refractivity contribution in [3.63, 3.8) is 0 Å². The van der Waals surface area contributed by atoms with Crippen molar-refractivity contribution in [2.24, 2.45) is 11.1 Å². The summed E-state index contributed by atoms with van der Waals surface area (Å²) in [6.07, 6.45) is 2.02. The number of ether oxygens (including phenoxy) is 2. The zero-order valence-electron chi connectivity index (χ0n) is 14.3. The van der Waals surface area contributed by atoms with Crippen molar-refractivity contribution >= 4 is 5.91 Å². The Kier molecular flexibility index (Phi) is 6.63. The predicted molar refractivity (Wildman–Crippen MR) is 84.1 cm³/mol. The van der Waals surface area contributed by atoms with Crippen LogP contribution in [0.15, 0.2) is 0 Å². The van der Waals surface area contributed by atoms with E-state index in [0.717, 1.165) is 32.5 Å². The van der Waals surface area contributed by atoms with Crippen LogP contribution in [0.1, 0.15) is 47.5 Å². The maximum absolute atomic E-state index is 12.7. The van der Waals surface area contributed by atoms with Crippen molar-refractivity contribution < 1.29 is 14.3 Å². The number of piperidine rings is 1. The lowest BCUT2D eigenvalue weighted by Gasteiger charge is -2.42. The van der Waals surface area contributed by atoms with Gasteiger partial charge in [-0.2, -0.15) is 0 Å². The van der Waals surface area contributed by atoms with E-state index in [1.807, 2.05) is 39.5 Å². The second kappa shape index (κ2) is 7.56. The first-order valence-corrected chi connectivity index (χ1v) is 7.97. The van der Waals surface area contributed by atoms with Gasteiger partial charge in [-0.15, -0.1) is 0 Å². The number of likely N-dealkylation sites (tertiary alicyclic amines) is 1. The van der Waals surface area contributed by atoms with Gasteiger partial charge in [0.15, 0.2) is 0 Å². The van der Waals surface area contributed by atoms with E-state index in [1.165, 1.54) is 0 Å². The molecule has 1 heterocycles. The van der Waals surface area contributed by atoms with Gasteiger partial charge in [0.1, 0.15) is 0 Å². The average molecular weight is 300 g/mol. The molecule has 21 heavy (non-hydrogen) atoms. The average Bonchev–Trinajstić information content (AvgIpc) is 2.42. The number of carbonyl (C=O) groups is 1. The van der Waals surface area contributed by atoms with Gasteiger partial charge in [-0.3, -0.25) is 4.79 Å². The first-order valence-electron chi connectivity index (χ1n) is 7.97. The van der Waals surface area contributed by atoms with Gasteiger partial charge in [-0.05, 0) is 47.5 Å². The highest BCUT2D eigenvalue weighted by atomic mass is 16.5. The highest BCUT2D eigenvalue weighted by Gasteiger charge is 2.43. The molecular weight excluding hydrogens is 268 g/mol. The van der Waals surface area contributed by atoms with Crippen LogP contribution in [0.3, 0.4) is 0 Å². The lowest BCUT2D eigenvalue weighted by atomic mass is 9.74. The Morgan fingerprint density at radius 2 is 1.76 bits per heavy atom. The van der Waals surface area contributed by atoms with Crippen LogP contribution in [0.5, 0.6) is 0 Å². The normalized spacial score (nSPS) is 18.1. The monoisotopic (exact) mass is 300 g/mol. The van der Waals surface area contributed by atoms with Crippen molar-refractivity contribution in [2.75, 3.05) is 32.9 Å². The molecular formula is C16H32N2O3. The van der Waals surface area contributed by atoms with E-state index in [-0.39, 0.29) is 12.0 Å². The molecule has 1 aliphatic heterocycles. The number of hydrogen-bond donors (Lipinski definition) is 1. The molecule has 0 radical (unpaired) electrons. The fourth-order valence-corrected chi connectivity index (χ4v) is 2.31. The van der Waals surface area contributed by atoms with Crippen LogP contribution in [-0.4, -0.2) is 55.4 Å². The summed E-state index contributed by atoms with van der Waals surface area (Å²) in [5.41, 5.74) is 5.06.